The molecule has 0 fully saturated rings. The first-order valence-electron chi connectivity index (χ1n) is 7.50. The summed E-state index contributed by atoms with van der Waals surface area (Å²) in [7, 11) is 0. The Kier molecular flexibility index (Phi) is 4.50. The quantitative estimate of drug-likeness (QED) is 0.638. The molecule has 0 spiro atoms. The van der Waals surface area contributed by atoms with Gasteiger partial charge < -0.3 is 9.32 Å². The molecule has 2 heterocycles. The summed E-state index contributed by atoms with van der Waals surface area (Å²) in [6.45, 7) is 6.00. The minimum Gasteiger partial charge on any atom is -0.464 e. The molecule has 3 rings (SSSR count). The Morgan fingerprint density at radius 3 is 3.00 bits per heavy atom. The zero-order chi connectivity index (χ0) is 17.1. The van der Waals surface area contributed by atoms with Gasteiger partial charge in [0.2, 0.25) is 5.91 Å². The zero-order valence-corrected chi connectivity index (χ0v) is 14.0. The predicted octanol–water partition coefficient (Wildman–Crippen LogP) is 4.64. The average molecular weight is 336 g/mol. The molecule has 0 aliphatic heterocycles. The highest BCUT2D eigenvalue weighted by molar-refractivity contribution is 7.10. The van der Waals surface area contributed by atoms with Crippen LogP contribution in [0.25, 0.3) is 11.0 Å². The van der Waals surface area contributed by atoms with Crippen LogP contribution in [0, 0.1) is 11.3 Å². The van der Waals surface area contributed by atoms with Gasteiger partial charge in [0, 0.05) is 17.5 Å². The van der Waals surface area contributed by atoms with Gasteiger partial charge in [-0.1, -0.05) is 24.8 Å². The Bertz CT molecular complexity index is 932. The van der Waals surface area contributed by atoms with Crippen LogP contribution in [0.3, 0.4) is 0 Å². The number of furan rings is 1. The topological polar surface area (TPSA) is 57.2 Å². The Morgan fingerprint density at radius 1 is 1.50 bits per heavy atom. The van der Waals surface area contributed by atoms with Crippen LogP contribution in [0.2, 0.25) is 0 Å². The molecule has 0 aliphatic carbocycles. The third-order valence-corrected chi connectivity index (χ3v) is 4.89. The van der Waals surface area contributed by atoms with Crippen LogP contribution >= 0.6 is 11.3 Å². The lowest BCUT2D eigenvalue weighted by atomic mass is 10.0. The smallest absolute Gasteiger partial charge is 0.246 e. The minimum atomic E-state index is -0.176. The fraction of sp³-hybridized carbons (Fsp3) is 0.158. The van der Waals surface area contributed by atoms with Crippen molar-refractivity contribution >= 4 is 28.2 Å². The molecule has 1 unspecified atom stereocenters. The molecule has 120 valence electrons. The highest BCUT2D eigenvalue weighted by Gasteiger charge is 2.23. The van der Waals surface area contributed by atoms with Gasteiger partial charge in [-0.2, -0.15) is 5.26 Å². The molecule has 0 saturated heterocycles. The van der Waals surface area contributed by atoms with E-state index in [0.29, 0.717) is 11.4 Å². The molecule has 0 radical (unpaired) electrons. The predicted molar refractivity (Wildman–Crippen MR) is 94.4 cm³/mol. The second kappa shape index (κ2) is 6.73. The summed E-state index contributed by atoms with van der Waals surface area (Å²) < 4.78 is 5.60. The summed E-state index contributed by atoms with van der Waals surface area (Å²) in [5.41, 5.74) is 2.69. The van der Waals surface area contributed by atoms with E-state index in [-0.39, 0.29) is 11.9 Å². The summed E-state index contributed by atoms with van der Waals surface area (Å²) >= 11 is 1.38. The molecule has 1 aromatic carbocycles. The molecular weight excluding hydrogens is 320 g/mol. The monoisotopic (exact) mass is 336 g/mol. The molecule has 24 heavy (non-hydrogen) atoms. The summed E-state index contributed by atoms with van der Waals surface area (Å²) in [5.74, 6) is -0.155. The van der Waals surface area contributed by atoms with Crippen molar-refractivity contribution in [3.05, 3.63) is 70.6 Å². The van der Waals surface area contributed by atoms with Gasteiger partial charge in [-0.15, -0.1) is 11.3 Å². The number of nitriles is 1. The van der Waals surface area contributed by atoms with Crippen LogP contribution in [0.5, 0.6) is 0 Å². The van der Waals surface area contributed by atoms with E-state index in [2.05, 4.69) is 12.6 Å². The highest BCUT2D eigenvalue weighted by atomic mass is 32.1. The average Bonchev–Trinajstić information content (AvgIpc) is 3.25. The van der Waals surface area contributed by atoms with Crippen molar-refractivity contribution in [1.82, 2.24) is 4.90 Å². The number of benzene rings is 1. The van der Waals surface area contributed by atoms with Gasteiger partial charge in [0.05, 0.1) is 12.3 Å². The molecule has 1 amide bonds. The van der Waals surface area contributed by atoms with Gasteiger partial charge in [0.25, 0.3) is 0 Å². The molecule has 2 aromatic heterocycles. The number of carbonyl (C=O) groups is 1. The number of para-hydroxylation sites is 1. The molecule has 0 aliphatic rings. The van der Waals surface area contributed by atoms with E-state index in [0.717, 1.165) is 22.1 Å². The van der Waals surface area contributed by atoms with Crippen molar-refractivity contribution < 1.29 is 9.21 Å². The van der Waals surface area contributed by atoms with Crippen LogP contribution in [0.4, 0.5) is 0 Å². The SMILES string of the molecule is C=CC(=O)N(Cc1csc(C#N)c1)C(C)c1coc2ccccc12. The maximum atomic E-state index is 12.4. The normalized spacial score (nSPS) is 11.8. The summed E-state index contributed by atoms with van der Waals surface area (Å²) in [6, 6.07) is 11.5. The number of hydrogen-bond donors (Lipinski definition) is 0. The standard InChI is InChI=1S/C19H16N2O2S/c1-3-19(22)21(10-14-8-15(9-20)24-12-14)13(2)17-11-23-18-7-5-4-6-16(17)18/h3-8,11-13H,1,10H2,2H3. The first-order chi connectivity index (χ1) is 11.6. The number of hydrogen-bond acceptors (Lipinski definition) is 4. The number of rotatable bonds is 5. The van der Waals surface area contributed by atoms with Crippen LogP contribution in [-0.4, -0.2) is 10.8 Å². The summed E-state index contributed by atoms with van der Waals surface area (Å²) in [4.78, 5) is 14.7. The van der Waals surface area contributed by atoms with Crippen LogP contribution in [0.15, 0.2) is 59.0 Å². The third kappa shape index (κ3) is 2.97. The van der Waals surface area contributed by atoms with E-state index in [1.807, 2.05) is 42.6 Å². The van der Waals surface area contributed by atoms with Crippen molar-refractivity contribution in [1.29, 1.82) is 5.26 Å². The second-order valence-corrected chi connectivity index (χ2v) is 6.38. The lowest BCUT2D eigenvalue weighted by Crippen LogP contribution is -2.31. The lowest BCUT2D eigenvalue weighted by Gasteiger charge is -2.27. The Morgan fingerprint density at radius 2 is 2.29 bits per heavy atom. The molecule has 0 bridgehead atoms. The van der Waals surface area contributed by atoms with E-state index in [9.17, 15) is 4.79 Å². The van der Waals surface area contributed by atoms with Crippen molar-refractivity contribution in [2.24, 2.45) is 0 Å². The van der Waals surface area contributed by atoms with Gasteiger partial charge >= 0.3 is 0 Å². The fourth-order valence-electron chi connectivity index (χ4n) is 2.73. The van der Waals surface area contributed by atoms with Gasteiger partial charge in [0.15, 0.2) is 0 Å². The molecule has 0 N–H and O–H groups in total. The molecule has 5 heteroatoms. The number of amides is 1. The summed E-state index contributed by atoms with van der Waals surface area (Å²) in [5, 5.41) is 11.9. The fourth-order valence-corrected chi connectivity index (χ4v) is 3.42. The zero-order valence-electron chi connectivity index (χ0n) is 13.2. The second-order valence-electron chi connectivity index (χ2n) is 5.46. The van der Waals surface area contributed by atoms with Crippen molar-refractivity contribution in [3.8, 4) is 6.07 Å². The maximum Gasteiger partial charge on any atom is 0.246 e. The van der Waals surface area contributed by atoms with Gasteiger partial charge in [-0.05, 0) is 36.1 Å². The number of nitrogens with zero attached hydrogens (tertiary/aromatic N) is 2. The van der Waals surface area contributed by atoms with E-state index in [1.54, 1.807) is 11.2 Å². The van der Waals surface area contributed by atoms with E-state index in [1.165, 1.54) is 17.4 Å². The van der Waals surface area contributed by atoms with Gasteiger partial charge in [-0.3, -0.25) is 4.79 Å². The Balaban J connectivity index is 1.94. The molecule has 1 atom stereocenters. The first kappa shape index (κ1) is 16.0. The van der Waals surface area contributed by atoms with Crippen LogP contribution < -0.4 is 0 Å². The maximum absolute atomic E-state index is 12.4. The highest BCUT2D eigenvalue weighted by Crippen LogP contribution is 2.31. The largest absolute Gasteiger partial charge is 0.464 e. The molecule has 4 nitrogen and oxygen atoms in total. The van der Waals surface area contributed by atoms with E-state index >= 15 is 0 Å². The van der Waals surface area contributed by atoms with Crippen molar-refractivity contribution in [2.75, 3.05) is 0 Å². The number of thiophene rings is 1. The van der Waals surface area contributed by atoms with Gasteiger partial charge in [0.1, 0.15) is 16.5 Å². The number of carbonyl (C=O) groups excluding carboxylic acids is 1. The van der Waals surface area contributed by atoms with E-state index < -0.39 is 0 Å². The molecule has 3 aromatic rings. The number of fused-ring (bicyclic) bond motifs is 1. The minimum absolute atomic E-state index is 0.155. The molecule has 0 saturated carbocycles. The van der Waals surface area contributed by atoms with Crippen molar-refractivity contribution in [2.45, 2.75) is 19.5 Å². The Hall–Kier alpha value is -2.84. The Labute approximate surface area is 144 Å². The molecular formula is C19H16N2O2S. The van der Waals surface area contributed by atoms with Crippen LogP contribution in [0.1, 0.15) is 29.0 Å². The lowest BCUT2D eigenvalue weighted by molar-refractivity contribution is -0.128. The third-order valence-electron chi connectivity index (χ3n) is 4.00. The van der Waals surface area contributed by atoms with Gasteiger partial charge in [-0.25, -0.2) is 0 Å². The van der Waals surface area contributed by atoms with Crippen LogP contribution in [-0.2, 0) is 11.3 Å². The van der Waals surface area contributed by atoms with E-state index in [4.69, 9.17) is 9.68 Å². The van der Waals surface area contributed by atoms with Crippen molar-refractivity contribution in [3.63, 3.8) is 0 Å². The summed E-state index contributed by atoms with van der Waals surface area (Å²) in [6.07, 6.45) is 3.02. The first-order valence-corrected chi connectivity index (χ1v) is 8.38.